The number of likely N-dealkylation sites (tertiary alicyclic amines) is 2. The number of carbonyl (C=O) groups is 2. The number of rotatable bonds is 6. The van der Waals surface area contributed by atoms with Gasteiger partial charge < -0.3 is 15.1 Å². The number of nitrogens with zero attached hydrogens (tertiary/aromatic N) is 2. The van der Waals surface area contributed by atoms with Crippen LogP contribution in [-0.2, 0) is 9.59 Å². The van der Waals surface area contributed by atoms with Crippen LogP contribution < -0.4 is 5.32 Å². The van der Waals surface area contributed by atoms with Gasteiger partial charge in [-0.3, -0.25) is 9.59 Å². The molecular formula is C17H31N3O2. The SMILES string of the molecule is C[C@@H]1C[C@@H](C)CN(C(=O)CCC(=O)NCCN2CCCC2)C1. The lowest BCUT2D eigenvalue weighted by molar-refractivity contribution is -0.135. The molecule has 5 heteroatoms. The molecule has 0 radical (unpaired) electrons. The van der Waals surface area contributed by atoms with Crippen LogP contribution in [0.5, 0.6) is 0 Å². The minimum Gasteiger partial charge on any atom is -0.355 e. The number of hydrogen-bond acceptors (Lipinski definition) is 3. The van der Waals surface area contributed by atoms with E-state index in [1.54, 1.807) is 0 Å². The number of nitrogens with one attached hydrogen (secondary N) is 1. The fraction of sp³-hybridized carbons (Fsp3) is 0.882. The maximum Gasteiger partial charge on any atom is 0.223 e. The van der Waals surface area contributed by atoms with Crippen molar-refractivity contribution in [2.24, 2.45) is 11.8 Å². The van der Waals surface area contributed by atoms with Gasteiger partial charge in [0, 0.05) is 39.0 Å². The molecule has 2 heterocycles. The van der Waals surface area contributed by atoms with Crippen molar-refractivity contribution in [2.45, 2.75) is 46.0 Å². The molecule has 0 saturated carbocycles. The van der Waals surface area contributed by atoms with E-state index in [9.17, 15) is 9.59 Å². The van der Waals surface area contributed by atoms with Crippen molar-refractivity contribution < 1.29 is 9.59 Å². The lowest BCUT2D eigenvalue weighted by Crippen LogP contribution is -2.43. The normalized spacial score (nSPS) is 26.2. The maximum atomic E-state index is 12.2. The molecule has 0 aromatic heterocycles. The zero-order valence-electron chi connectivity index (χ0n) is 14.1. The van der Waals surface area contributed by atoms with Crippen LogP contribution in [0.1, 0.15) is 46.0 Å². The van der Waals surface area contributed by atoms with Gasteiger partial charge in [0.25, 0.3) is 0 Å². The van der Waals surface area contributed by atoms with Crippen LogP contribution in [0.25, 0.3) is 0 Å². The van der Waals surface area contributed by atoms with Gasteiger partial charge in [-0.2, -0.15) is 0 Å². The third-order valence-electron chi connectivity index (χ3n) is 4.74. The van der Waals surface area contributed by atoms with Crippen molar-refractivity contribution in [3.63, 3.8) is 0 Å². The van der Waals surface area contributed by atoms with Crippen molar-refractivity contribution in [1.82, 2.24) is 15.1 Å². The maximum absolute atomic E-state index is 12.2. The van der Waals surface area contributed by atoms with E-state index in [-0.39, 0.29) is 11.8 Å². The zero-order valence-corrected chi connectivity index (χ0v) is 14.1. The highest BCUT2D eigenvalue weighted by Gasteiger charge is 2.25. The highest BCUT2D eigenvalue weighted by Crippen LogP contribution is 2.21. The molecule has 5 nitrogen and oxygen atoms in total. The first-order chi connectivity index (χ1) is 10.5. The second kappa shape index (κ2) is 8.51. The third kappa shape index (κ3) is 5.59. The van der Waals surface area contributed by atoms with Gasteiger partial charge >= 0.3 is 0 Å². The minimum atomic E-state index is 0.00523. The Kier molecular flexibility index (Phi) is 6.68. The van der Waals surface area contributed by atoms with Gasteiger partial charge in [-0.15, -0.1) is 0 Å². The zero-order chi connectivity index (χ0) is 15.9. The molecule has 126 valence electrons. The molecule has 22 heavy (non-hydrogen) atoms. The van der Waals surface area contributed by atoms with Crippen LogP contribution in [-0.4, -0.2) is 60.9 Å². The Morgan fingerprint density at radius 3 is 2.32 bits per heavy atom. The monoisotopic (exact) mass is 309 g/mol. The second-order valence-electron chi connectivity index (χ2n) is 7.14. The molecule has 2 aliphatic heterocycles. The van der Waals surface area contributed by atoms with E-state index in [2.05, 4.69) is 24.1 Å². The third-order valence-corrected chi connectivity index (χ3v) is 4.74. The Labute approximate surface area is 134 Å². The summed E-state index contributed by atoms with van der Waals surface area (Å²) >= 11 is 0. The summed E-state index contributed by atoms with van der Waals surface area (Å²) in [4.78, 5) is 28.4. The van der Waals surface area contributed by atoms with E-state index in [0.29, 0.717) is 31.2 Å². The second-order valence-corrected chi connectivity index (χ2v) is 7.14. The number of amides is 2. The highest BCUT2D eigenvalue weighted by atomic mass is 16.2. The Morgan fingerprint density at radius 1 is 1.05 bits per heavy atom. The van der Waals surface area contributed by atoms with E-state index in [0.717, 1.165) is 32.7 Å². The van der Waals surface area contributed by atoms with Gasteiger partial charge in [-0.1, -0.05) is 13.8 Å². The largest absolute Gasteiger partial charge is 0.355 e. The van der Waals surface area contributed by atoms with E-state index >= 15 is 0 Å². The first kappa shape index (κ1) is 17.3. The first-order valence-corrected chi connectivity index (χ1v) is 8.81. The Balaban J connectivity index is 1.59. The fourth-order valence-electron chi connectivity index (χ4n) is 3.69. The van der Waals surface area contributed by atoms with Gasteiger partial charge in [-0.25, -0.2) is 0 Å². The molecule has 2 rings (SSSR count). The lowest BCUT2D eigenvalue weighted by atomic mass is 9.91. The van der Waals surface area contributed by atoms with E-state index in [1.165, 1.54) is 19.3 Å². The fourth-order valence-corrected chi connectivity index (χ4v) is 3.69. The predicted molar refractivity (Wildman–Crippen MR) is 87.4 cm³/mol. The van der Waals surface area contributed by atoms with Crippen LogP contribution >= 0.6 is 0 Å². The van der Waals surface area contributed by atoms with Crippen molar-refractivity contribution in [3.8, 4) is 0 Å². The Bertz CT molecular complexity index is 370. The molecule has 0 unspecified atom stereocenters. The van der Waals surface area contributed by atoms with E-state index in [4.69, 9.17) is 0 Å². The molecule has 0 spiro atoms. The quantitative estimate of drug-likeness (QED) is 0.808. The molecule has 0 bridgehead atoms. The molecule has 2 aliphatic rings. The molecule has 2 atom stereocenters. The van der Waals surface area contributed by atoms with Crippen LogP contribution in [0.4, 0.5) is 0 Å². The Morgan fingerprint density at radius 2 is 1.68 bits per heavy atom. The number of piperidine rings is 1. The van der Waals surface area contributed by atoms with Gasteiger partial charge in [0.15, 0.2) is 0 Å². The summed E-state index contributed by atoms with van der Waals surface area (Å²) in [7, 11) is 0. The molecule has 2 saturated heterocycles. The number of carbonyl (C=O) groups excluding carboxylic acids is 2. The molecule has 1 N–H and O–H groups in total. The van der Waals surface area contributed by atoms with Crippen LogP contribution in [0, 0.1) is 11.8 Å². The summed E-state index contributed by atoms with van der Waals surface area (Å²) in [5.74, 6) is 1.28. The van der Waals surface area contributed by atoms with Gasteiger partial charge in [0.05, 0.1) is 0 Å². The average Bonchev–Trinajstić information content (AvgIpc) is 2.97. The summed E-state index contributed by atoms with van der Waals surface area (Å²) in [6.45, 7) is 10.0. The topological polar surface area (TPSA) is 52.7 Å². The van der Waals surface area contributed by atoms with Crippen molar-refractivity contribution >= 4 is 11.8 Å². The molecule has 2 fully saturated rings. The average molecular weight is 309 g/mol. The van der Waals surface area contributed by atoms with Crippen molar-refractivity contribution in [1.29, 1.82) is 0 Å². The molecular weight excluding hydrogens is 278 g/mol. The Hall–Kier alpha value is -1.10. The molecule has 0 aliphatic carbocycles. The lowest BCUT2D eigenvalue weighted by Gasteiger charge is -2.35. The summed E-state index contributed by atoms with van der Waals surface area (Å²) in [5, 5.41) is 2.93. The predicted octanol–water partition coefficient (Wildman–Crippen LogP) is 1.48. The summed E-state index contributed by atoms with van der Waals surface area (Å²) in [6.07, 6.45) is 4.40. The smallest absolute Gasteiger partial charge is 0.223 e. The molecule has 0 aromatic carbocycles. The van der Waals surface area contributed by atoms with Crippen molar-refractivity contribution in [2.75, 3.05) is 39.3 Å². The van der Waals surface area contributed by atoms with E-state index < -0.39 is 0 Å². The van der Waals surface area contributed by atoms with Crippen LogP contribution in [0.2, 0.25) is 0 Å². The first-order valence-electron chi connectivity index (χ1n) is 8.81. The van der Waals surface area contributed by atoms with Gasteiger partial charge in [0.1, 0.15) is 0 Å². The summed E-state index contributed by atoms with van der Waals surface area (Å²) < 4.78 is 0. The number of hydrogen-bond donors (Lipinski definition) is 1. The van der Waals surface area contributed by atoms with Gasteiger partial charge in [0.2, 0.25) is 11.8 Å². The summed E-state index contributed by atoms with van der Waals surface area (Å²) in [5.41, 5.74) is 0. The van der Waals surface area contributed by atoms with Crippen molar-refractivity contribution in [3.05, 3.63) is 0 Å². The van der Waals surface area contributed by atoms with E-state index in [1.807, 2.05) is 4.90 Å². The van der Waals surface area contributed by atoms with Crippen LogP contribution in [0.3, 0.4) is 0 Å². The highest BCUT2D eigenvalue weighted by molar-refractivity contribution is 5.83. The van der Waals surface area contributed by atoms with Crippen LogP contribution in [0.15, 0.2) is 0 Å². The van der Waals surface area contributed by atoms with Gasteiger partial charge in [-0.05, 0) is 44.2 Å². The summed E-state index contributed by atoms with van der Waals surface area (Å²) in [6, 6.07) is 0. The minimum absolute atomic E-state index is 0.00523. The molecule has 2 amide bonds. The molecule has 0 aromatic rings. The standard InChI is InChI=1S/C17H31N3O2/c1-14-11-15(2)13-20(12-14)17(22)6-5-16(21)18-7-10-19-8-3-4-9-19/h14-15H,3-13H2,1-2H3,(H,18,21)/t14-,15-/m1/s1.